The first-order valence-corrected chi connectivity index (χ1v) is 6.74. The molecule has 0 radical (unpaired) electrons. The number of carbonyl (C=O) groups is 1. The van der Waals surface area contributed by atoms with E-state index in [0.29, 0.717) is 17.0 Å². The first-order chi connectivity index (χ1) is 10.6. The van der Waals surface area contributed by atoms with Gasteiger partial charge in [0, 0.05) is 5.69 Å². The van der Waals surface area contributed by atoms with E-state index in [-0.39, 0.29) is 5.91 Å². The van der Waals surface area contributed by atoms with Crippen LogP contribution in [0.25, 0.3) is 0 Å². The molecule has 2 aromatic carbocycles. The van der Waals surface area contributed by atoms with E-state index < -0.39 is 6.10 Å². The Bertz CT molecular complexity index is 673. The third kappa shape index (κ3) is 4.00. The van der Waals surface area contributed by atoms with Gasteiger partial charge in [-0.2, -0.15) is 5.26 Å². The van der Waals surface area contributed by atoms with E-state index in [1.807, 2.05) is 6.07 Å². The third-order valence-corrected chi connectivity index (χ3v) is 3.02. The van der Waals surface area contributed by atoms with Crippen LogP contribution in [0.3, 0.4) is 0 Å². The van der Waals surface area contributed by atoms with Gasteiger partial charge >= 0.3 is 0 Å². The summed E-state index contributed by atoms with van der Waals surface area (Å²) in [6.45, 7) is 1.66. The lowest BCUT2D eigenvalue weighted by Gasteiger charge is -2.15. The summed E-state index contributed by atoms with van der Waals surface area (Å²) in [5, 5.41) is 11.5. The average molecular weight is 296 g/mol. The molecular formula is C17H16N2O3. The molecule has 1 N–H and O–H groups in total. The highest BCUT2D eigenvalue weighted by atomic mass is 16.5. The van der Waals surface area contributed by atoms with Crippen molar-refractivity contribution >= 4 is 11.6 Å². The number of anilines is 1. The summed E-state index contributed by atoms with van der Waals surface area (Å²) in [5.74, 6) is 1.01. The molecule has 112 valence electrons. The lowest BCUT2D eigenvalue weighted by Crippen LogP contribution is -2.30. The van der Waals surface area contributed by atoms with Crippen LogP contribution in [0.4, 0.5) is 5.69 Å². The fraction of sp³-hybridized carbons (Fsp3) is 0.176. The molecule has 5 heteroatoms. The van der Waals surface area contributed by atoms with Gasteiger partial charge < -0.3 is 14.8 Å². The van der Waals surface area contributed by atoms with E-state index in [4.69, 9.17) is 14.7 Å². The van der Waals surface area contributed by atoms with Gasteiger partial charge in [-0.25, -0.2) is 0 Å². The first kappa shape index (κ1) is 15.4. The van der Waals surface area contributed by atoms with E-state index in [1.54, 1.807) is 62.6 Å². The molecule has 0 aliphatic carbocycles. The number of amides is 1. The Morgan fingerprint density at radius 3 is 2.23 bits per heavy atom. The summed E-state index contributed by atoms with van der Waals surface area (Å²) in [4.78, 5) is 12.1. The predicted molar refractivity (Wildman–Crippen MR) is 82.9 cm³/mol. The van der Waals surface area contributed by atoms with Gasteiger partial charge in [-0.15, -0.1) is 0 Å². The maximum Gasteiger partial charge on any atom is 0.265 e. The first-order valence-electron chi connectivity index (χ1n) is 6.74. The van der Waals surface area contributed by atoms with Crippen LogP contribution in [0.1, 0.15) is 12.5 Å². The molecule has 2 aromatic rings. The van der Waals surface area contributed by atoms with Crippen molar-refractivity contribution in [1.29, 1.82) is 5.26 Å². The second-order valence-corrected chi connectivity index (χ2v) is 4.61. The lowest BCUT2D eigenvalue weighted by molar-refractivity contribution is -0.122. The maximum absolute atomic E-state index is 12.1. The molecule has 2 rings (SSSR count). The molecule has 0 aliphatic heterocycles. The summed E-state index contributed by atoms with van der Waals surface area (Å²) in [5.41, 5.74) is 1.21. The lowest BCUT2D eigenvalue weighted by atomic mass is 10.2. The van der Waals surface area contributed by atoms with Crippen LogP contribution >= 0.6 is 0 Å². The number of nitrogens with zero attached hydrogens (tertiary/aromatic N) is 1. The van der Waals surface area contributed by atoms with Gasteiger partial charge in [-0.3, -0.25) is 4.79 Å². The monoisotopic (exact) mass is 296 g/mol. The second kappa shape index (κ2) is 7.14. The summed E-state index contributed by atoms with van der Waals surface area (Å²) in [6, 6.07) is 15.7. The molecule has 0 bridgehead atoms. The predicted octanol–water partition coefficient (Wildman–Crippen LogP) is 2.97. The number of hydrogen-bond acceptors (Lipinski definition) is 4. The fourth-order valence-corrected chi connectivity index (χ4v) is 1.78. The van der Waals surface area contributed by atoms with E-state index in [0.717, 1.165) is 5.75 Å². The molecule has 1 amide bonds. The SMILES string of the molecule is COc1ccc(NC(=O)[C@@H](C)Oc2ccc(C#N)cc2)cc1. The zero-order valence-corrected chi connectivity index (χ0v) is 12.4. The minimum absolute atomic E-state index is 0.255. The standard InChI is InChI=1S/C17H16N2O3/c1-12(22-16-7-3-13(11-18)4-8-16)17(20)19-14-5-9-15(21-2)10-6-14/h3-10,12H,1-2H3,(H,19,20)/t12-/m1/s1. The number of nitriles is 1. The number of benzene rings is 2. The van der Waals surface area contributed by atoms with E-state index in [9.17, 15) is 4.79 Å². The van der Waals surface area contributed by atoms with Gasteiger partial charge in [0.25, 0.3) is 5.91 Å². The van der Waals surface area contributed by atoms with Crippen molar-refractivity contribution in [3.63, 3.8) is 0 Å². The van der Waals surface area contributed by atoms with Crippen LogP contribution in [-0.2, 0) is 4.79 Å². The van der Waals surface area contributed by atoms with Crippen molar-refractivity contribution in [3.8, 4) is 17.6 Å². The minimum atomic E-state index is -0.657. The van der Waals surface area contributed by atoms with Crippen molar-refractivity contribution in [1.82, 2.24) is 0 Å². The molecule has 0 fully saturated rings. The molecule has 0 unspecified atom stereocenters. The molecular weight excluding hydrogens is 280 g/mol. The van der Waals surface area contributed by atoms with Crippen molar-refractivity contribution in [2.45, 2.75) is 13.0 Å². The number of methoxy groups -OCH3 is 1. The Kier molecular flexibility index (Phi) is 4.99. The average Bonchev–Trinajstić information content (AvgIpc) is 2.56. The Hall–Kier alpha value is -3.00. The van der Waals surface area contributed by atoms with Crippen LogP contribution in [0.5, 0.6) is 11.5 Å². The molecule has 0 saturated carbocycles. The van der Waals surface area contributed by atoms with E-state index in [1.165, 1.54) is 0 Å². The summed E-state index contributed by atoms with van der Waals surface area (Å²) in [6.07, 6.45) is -0.657. The second-order valence-electron chi connectivity index (χ2n) is 4.61. The largest absolute Gasteiger partial charge is 0.497 e. The Labute approximate surface area is 129 Å². The Morgan fingerprint density at radius 1 is 1.09 bits per heavy atom. The normalized spacial score (nSPS) is 11.1. The highest BCUT2D eigenvalue weighted by Gasteiger charge is 2.14. The van der Waals surface area contributed by atoms with Crippen molar-refractivity contribution in [2.75, 3.05) is 12.4 Å². The van der Waals surface area contributed by atoms with Gasteiger partial charge in [0.2, 0.25) is 0 Å². The summed E-state index contributed by atoms with van der Waals surface area (Å²) in [7, 11) is 1.58. The fourth-order valence-electron chi connectivity index (χ4n) is 1.78. The van der Waals surface area contributed by atoms with Gasteiger partial charge in [0.1, 0.15) is 11.5 Å². The van der Waals surface area contributed by atoms with E-state index >= 15 is 0 Å². The molecule has 1 atom stereocenters. The topological polar surface area (TPSA) is 71.3 Å². The molecule has 0 heterocycles. The molecule has 0 spiro atoms. The smallest absolute Gasteiger partial charge is 0.265 e. The third-order valence-electron chi connectivity index (χ3n) is 3.02. The van der Waals surface area contributed by atoms with Gasteiger partial charge in [0.15, 0.2) is 6.10 Å². The number of rotatable bonds is 5. The van der Waals surface area contributed by atoms with Gasteiger partial charge in [-0.05, 0) is 55.5 Å². The Morgan fingerprint density at radius 2 is 1.68 bits per heavy atom. The van der Waals surface area contributed by atoms with Gasteiger partial charge in [-0.1, -0.05) is 0 Å². The number of nitrogens with one attached hydrogen (secondary N) is 1. The van der Waals surface area contributed by atoms with Crippen LogP contribution in [0, 0.1) is 11.3 Å². The Balaban J connectivity index is 1.94. The number of hydrogen-bond donors (Lipinski definition) is 1. The molecule has 0 aromatic heterocycles. The van der Waals surface area contributed by atoms with E-state index in [2.05, 4.69) is 5.32 Å². The molecule has 22 heavy (non-hydrogen) atoms. The van der Waals surface area contributed by atoms with Crippen molar-refractivity contribution in [3.05, 3.63) is 54.1 Å². The highest BCUT2D eigenvalue weighted by Crippen LogP contribution is 2.17. The van der Waals surface area contributed by atoms with Crippen molar-refractivity contribution in [2.24, 2.45) is 0 Å². The van der Waals surface area contributed by atoms with Crippen LogP contribution in [0.15, 0.2) is 48.5 Å². The maximum atomic E-state index is 12.1. The van der Waals surface area contributed by atoms with Crippen LogP contribution < -0.4 is 14.8 Å². The zero-order valence-electron chi connectivity index (χ0n) is 12.4. The molecule has 0 aliphatic rings. The summed E-state index contributed by atoms with van der Waals surface area (Å²) < 4.78 is 10.6. The highest BCUT2D eigenvalue weighted by molar-refractivity contribution is 5.94. The number of carbonyl (C=O) groups excluding carboxylic acids is 1. The van der Waals surface area contributed by atoms with Gasteiger partial charge in [0.05, 0.1) is 18.7 Å². The van der Waals surface area contributed by atoms with Crippen molar-refractivity contribution < 1.29 is 14.3 Å². The molecule has 5 nitrogen and oxygen atoms in total. The minimum Gasteiger partial charge on any atom is -0.497 e. The number of ether oxygens (including phenoxy) is 2. The van der Waals surface area contributed by atoms with Crippen LogP contribution in [0.2, 0.25) is 0 Å². The quantitative estimate of drug-likeness (QED) is 0.920. The van der Waals surface area contributed by atoms with Crippen LogP contribution in [-0.4, -0.2) is 19.1 Å². The summed E-state index contributed by atoms with van der Waals surface area (Å²) >= 11 is 0. The zero-order chi connectivity index (χ0) is 15.9. The molecule has 0 saturated heterocycles.